The first kappa shape index (κ1) is 22.6. The van der Waals surface area contributed by atoms with Crippen LogP contribution in [0.25, 0.3) is 11.0 Å². The van der Waals surface area contributed by atoms with Crippen LogP contribution in [0.4, 0.5) is 4.79 Å². The number of carbonyl (C=O) groups excluding carboxylic acids is 1. The highest BCUT2D eigenvalue weighted by Crippen LogP contribution is 2.25. The van der Waals surface area contributed by atoms with E-state index in [1.807, 2.05) is 26.8 Å². The van der Waals surface area contributed by atoms with Crippen LogP contribution in [0.3, 0.4) is 0 Å². The maximum absolute atomic E-state index is 12.1. The van der Waals surface area contributed by atoms with E-state index >= 15 is 0 Å². The average molecular weight is 438 g/mol. The number of benzene rings is 1. The number of fused-ring (bicyclic) bond motifs is 1. The minimum Gasteiger partial charge on any atom is -0.459 e. The van der Waals surface area contributed by atoms with E-state index in [-0.39, 0.29) is 11.0 Å². The summed E-state index contributed by atoms with van der Waals surface area (Å²) in [6.45, 7) is 8.02. The van der Waals surface area contributed by atoms with Crippen molar-refractivity contribution in [1.29, 1.82) is 0 Å². The monoisotopic (exact) mass is 437 g/mol. The van der Waals surface area contributed by atoms with Crippen LogP contribution in [0.2, 0.25) is 0 Å². The predicted octanol–water partition coefficient (Wildman–Crippen LogP) is 4.39. The molecule has 1 aromatic heterocycles. The van der Waals surface area contributed by atoms with Gasteiger partial charge in [-0.05, 0) is 70.2 Å². The summed E-state index contributed by atoms with van der Waals surface area (Å²) in [5, 5.41) is 0.756. The van der Waals surface area contributed by atoms with E-state index in [1.165, 1.54) is 6.26 Å². The van der Waals surface area contributed by atoms with Gasteiger partial charge in [0.25, 0.3) is 0 Å². The Hall–Kier alpha value is -2.06. The van der Waals surface area contributed by atoms with Crippen LogP contribution in [0.1, 0.15) is 45.8 Å². The summed E-state index contributed by atoms with van der Waals surface area (Å²) >= 11 is 0. The number of hydrogen-bond acceptors (Lipinski definition) is 6. The fourth-order valence-corrected chi connectivity index (χ4v) is 4.19. The van der Waals surface area contributed by atoms with Crippen molar-refractivity contribution in [2.24, 2.45) is 5.92 Å². The van der Waals surface area contributed by atoms with Gasteiger partial charge in [0.05, 0.1) is 4.90 Å². The molecule has 0 N–H and O–H groups in total. The number of amides is 1. The molecule has 2 heterocycles. The van der Waals surface area contributed by atoms with E-state index in [4.69, 9.17) is 13.9 Å². The molecular weight excluding hydrogens is 406 g/mol. The van der Waals surface area contributed by atoms with Gasteiger partial charge in [-0.2, -0.15) is 0 Å². The zero-order valence-electron chi connectivity index (χ0n) is 18.1. The molecule has 1 fully saturated rings. The van der Waals surface area contributed by atoms with Crippen LogP contribution in [0, 0.1) is 5.92 Å². The highest BCUT2D eigenvalue weighted by molar-refractivity contribution is 7.90. The van der Waals surface area contributed by atoms with Gasteiger partial charge in [0.1, 0.15) is 23.6 Å². The highest BCUT2D eigenvalue weighted by atomic mass is 32.2. The lowest BCUT2D eigenvalue weighted by Gasteiger charge is -2.33. The molecule has 2 aromatic rings. The van der Waals surface area contributed by atoms with E-state index in [9.17, 15) is 13.2 Å². The Kier molecular flexibility index (Phi) is 6.77. The van der Waals surface area contributed by atoms with Gasteiger partial charge < -0.3 is 18.8 Å². The van der Waals surface area contributed by atoms with Gasteiger partial charge in [-0.1, -0.05) is 0 Å². The topological polar surface area (TPSA) is 86.0 Å². The van der Waals surface area contributed by atoms with Crippen LogP contribution in [-0.2, 0) is 25.9 Å². The number of sulfone groups is 1. The number of furan rings is 1. The first-order chi connectivity index (χ1) is 14.0. The fraction of sp³-hybridized carbons (Fsp3) is 0.591. The van der Waals surface area contributed by atoms with Crippen LogP contribution in [0.15, 0.2) is 33.6 Å². The third-order valence-electron chi connectivity index (χ3n) is 5.15. The van der Waals surface area contributed by atoms with Crippen molar-refractivity contribution < 1.29 is 27.1 Å². The fourth-order valence-electron chi connectivity index (χ4n) is 3.53. The normalized spacial score (nSPS) is 16.2. The van der Waals surface area contributed by atoms with Gasteiger partial charge in [-0.25, -0.2) is 13.2 Å². The third kappa shape index (κ3) is 6.22. The third-order valence-corrected chi connectivity index (χ3v) is 6.26. The molecule has 0 spiro atoms. The number of likely N-dealkylation sites (tertiary alicyclic amines) is 1. The summed E-state index contributed by atoms with van der Waals surface area (Å²) < 4.78 is 40.3. The Balaban J connectivity index is 1.41. The molecule has 0 atom stereocenters. The smallest absolute Gasteiger partial charge is 0.410 e. The molecule has 1 saturated heterocycles. The Bertz CT molecular complexity index is 981. The molecule has 1 aliphatic heterocycles. The molecule has 1 aliphatic rings. The second-order valence-corrected chi connectivity index (χ2v) is 11.0. The SMILES string of the molecule is CC(C)(C)OC(=O)N1CCC(CCOCc2cc3cc(S(C)(=O)=O)ccc3o2)CC1. The Morgan fingerprint density at radius 3 is 2.53 bits per heavy atom. The lowest BCUT2D eigenvalue weighted by atomic mass is 9.94. The Morgan fingerprint density at radius 1 is 1.20 bits per heavy atom. The molecule has 30 heavy (non-hydrogen) atoms. The number of rotatable bonds is 6. The lowest BCUT2D eigenvalue weighted by Crippen LogP contribution is -2.41. The Labute approximate surface area is 178 Å². The summed E-state index contributed by atoms with van der Waals surface area (Å²) in [5.41, 5.74) is 0.181. The van der Waals surface area contributed by atoms with Crippen LogP contribution >= 0.6 is 0 Å². The number of hydrogen-bond donors (Lipinski definition) is 0. The van der Waals surface area contributed by atoms with E-state index in [0.717, 1.165) is 24.6 Å². The van der Waals surface area contributed by atoms with E-state index in [2.05, 4.69) is 0 Å². The average Bonchev–Trinajstić information content (AvgIpc) is 3.05. The minimum atomic E-state index is -3.24. The van der Waals surface area contributed by atoms with Crippen molar-refractivity contribution in [2.45, 2.75) is 57.1 Å². The summed E-state index contributed by atoms with van der Waals surface area (Å²) in [6.07, 6.45) is 3.78. The van der Waals surface area contributed by atoms with Crippen LogP contribution < -0.4 is 0 Å². The minimum absolute atomic E-state index is 0.235. The molecule has 0 unspecified atom stereocenters. The summed E-state index contributed by atoms with van der Waals surface area (Å²) in [5.74, 6) is 1.20. The second kappa shape index (κ2) is 8.98. The van der Waals surface area contributed by atoms with Crippen LogP contribution in [0.5, 0.6) is 0 Å². The first-order valence-electron chi connectivity index (χ1n) is 10.3. The number of nitrogens with zero attached hydrogens (tertiary/aromatic N) is 1. The largest absolute Gasteiger partial charge is 0.459 e. The van der Waals surface area contributed by atoms with E-state index in [0.29, 0.717) is 43.6 Å². The molecule has 0 radical (unpaired) electrons. The van der Waals surface area contributed by atoms with E-state index in [1.54, 1.807) is 23.1 Å². The van der Waals surface area contributed by atoms with E-state index < -0.39 is 15.4 Å². The van der Waals surface area contributed by atoms with Crippen molar-refractivity contribution in [3.8, 4) is 0 Å². The molecule has 8 heteroatoms. The molecule has 1 aromatic carbocycles. The molecule has 166 valence electrons. The molecular formula is C22H31NO6S. The quantitative estimate of drug-likeness (QED) is 0.623. The predicted molar refractivity (Wildman–Crippen MR) is 114 cm³/mol. The van der Waals surface area contributed by atoms with Gasteiger partial charge in [0.2, 0.25) is 0 Å². The molecule has 0 saturated carbocycles. The standard InChI is InChI=1S/C22H31NO6S/c1-22(2,3)29-21(24)23-10-7-16(8-11-23)9-12-27-15-18-13-17-14-19(30(4,25)26)5-6-20(17)28-18/h5-6,13-14,16H,7-12,15H2,1-4H3. The molecule has 0 aliphatic carbocycles. The van der Waals surface area contributed by atoms with Gasteiger partial charge >= 0.3 is 6.09 Å². The summed E-state index contributed by atoms with van der Waals surface area (Å²) in [6, 6.07) is 6.67. The summed E-state index contributed by atoms with van der Waals surface area (Å²) in [4.78, 5) is 14.2. The van der Waals surface area contributed by atoms with Gasteiger partial charge in [-0.15, -0.1) is 0 Å². The number of piperidine rings is 1. The Morgan fingerprint density at radius 2 is 1.90 bits per heavy atom. The highest BCUT2D eigenvalue weighted by Gasteiger charge is 2.26. The number of ether oxygens (including phenoxy) is 2. The lowest BCUT2D eigenvalue weighted by molar-refractivity contribution is 0.0162. The zero-order chi connectivity index (χ0) is 21.9. The van der Waals surface area contributed by atoms with Gasteiger partial charge in [0.15, 0.2) is 9.84 Å². The van der Waals surface area contributed by atoms with Gasteiger partial charge in [-0.3, -0.25) is 0 Å². The summed E-state index contributed by atoms with van der Waals surface area (Å²) in [7, 11) is -3.24. The van der Waals surface area contributed by atoms with Crippen molar-refractivity contribution in [3.63, 3.8) is 0 Å². The second-order valence-electron chi connectivity index (χ2n) is 8.94. The zero-order valence-corrected chi connectivity index (χ0v) is 19.0. The molecule has 7 nitrogen and oxygen atoms in total. The molecule has 1 amide bonds. The van der Waals surface area contributed by atoms with Crippen molar-refractivity contribution in [1.82, 2.24) is 4.90 Å². The molecule has 0 bridgehead atoms. The van der Waals surface area contributed by atoms with Crippen molar-refractivity contribution in [2.75, 3.05) is 26.0 Å². The van der Waals surface area contributed by atoms with Gasteiger partial charge in [0, 0.05) is 31.3 Å². The van der Waals surface area contributed by atoms with Crippen molar-refractivity contribution >= 4 is 26.9 Å². The van der Waals surface area contributed by atoms with Crippen molar-refractivity contribution in [3.05, 3.63) is 30.0 Å². The number of carbonyl (C=O) groups is 1. The molecule has 3 rings (SSSR count). The maximum Gasteiger partial charge on any atom is 0.410 e. The van der Waals surface area contributed by atoms with Crippen LogP contribution in [-0.4, -0.2) is 51.0 Å². The first-order valence-corrected chi connectivity index (χ1v) is 12.2. The maximum atomic E-state index is 12.1.